The summed E-state index contributed by atoms with van der Waals surface area (Å²) in [5, 5.41) is 7.23. The number of esters is 3. The van der Waals surface area contributed by atoms with E-state index in [9.17, 15) is 14.4 Å². The van der Waals surface area contributed by atoms with Crippen LogP contribution in [0.2, 0.25) is 0 Å². The minimum Gasteiger partial charge on any atom is -0.457 e. The highest BCUT2D eigenvalue weighted by Gasteiger charge is 2.32. The van der Waals surface area contributed by atoms with Gasteiger partial charge < -0.3 is 18.9 Å². The Morgan fingerprint density at radius 3 is 2.24 bits per heavy atom. The second-order valence-corrected chi connectivity index (χ2v) is 14.3. The molecular formula is C40H43N3O7S. The van der Waals surface area contributed by atoms with Crippen LogP contribution in [-0.2, 0) is 19.1 Å². The van der Waals surface area contributed by atoms with E-state index in [2.05, 4.69) is 25.6 Å². The molecule has 0 radical (unpaired) electrons. The van der Waals surface area contributed by atoms with Crippen LogP contribution in [0.4, 0.5) is 5.13 Å². The third-order valence-electron chi connectivity index (χ3n) is 9.69. The first-order valence-electron chi connectivity index (χ1n) is 17.5. The predicted molar refractivity (Wildman–Crippen MR) is 197 cm³/mol. The van der Waals surface area contributed by atoms with Crippen molar-refractivity contribution < 1.29 is 33.3 Å². The van der Waals surface area contributed by atoms with Crippen molar-refractivity contribution in [3.63, 3.8) is 0 Å². The molecule has 0 atom stereocenters. The number of rotatable bonds is 12. The summed E-state index contributed by atoms with van der Waals surface area (Å²) in [5.41, 5.74) is 2.91. The maximum atomic E-state index is 13.5. The Bertz CT molecular complexity index is 1840. The van der Waals surface area contributed by atoms with Crippen LogP contribution in [0.5, 0.6) is 17.2 Å². The number of aromatic nitrogens is 1. The number of fused-ring (bicyclic) bond motifs is 1. The minimum absolute atomic E-state index is 0.252. The lowest BCUT2D eigenvalue weighted by atomic mass is 9.79. The number of carbonyl (C=O) groups excluding carboxylic acids is 3. The van der Waals surface area contributed by atoms with Crippen LogP contribution >= 0.6 is 11.3 Å². The first-order valence-corrected chi connectivity index (χ1v) is 18.3. The second kappa shape index (κ2) is 16.8. The summed E-state index contributed by atoms with van der Waals surface area (Å²) < 4.78 is 22.9. The van der Waals surface area contributed by atoms with Crippen molar-refractivity contribution in [1.82, 2.24) is 4.98 Å². The molecule has 51 heavy (non-hydrogen) atoms. The van der Waals surface area contributed by atoms with Crippen LogP contribution in [0.1, 0.15) is 75.3 Å². The van der Waals surface area contributed by atoms with Crippen molar-refractivity contribution in [2.45, 2.75) is 64.2 Å². The van der Waals surface area contributed by atoms with E-state index in [-0.39, 0.29) is 30.6 Å². The summed E-state index contributed by atoms with van der Waals surface area (Å²) in [5.74, 6) is 0.667. The number of nitrogens with zero attached hydrogens (tertiary/aromatic N) is 3. The van der Waals surface area contributed by atoms with Crippen LogP contribution in [-0.4, -0.2) is 42.9 Å². The average Bonchev–Trinajstić information content (AvgIpc) is 3.60. The standard InChI is InChI=1S/C40H43N3O7S/c1-4-37(44)48-25-47-32-18-20-33(21-19-32)49-38(45)28-13-15-29(16-14-28)39(46)50-35-22-17-30(27-11-9-26(2)10-12-27)23-31(35)24-41-43(3)40-42-34-7-5-6-8-36(34)51-40/h4-8,17-24,26-29H,1,9-16,25H2,2-3H3/b41-24+. The molecule has 0 saturated heterocycles. The van der Waals surface area contributed by atoms with Gasteiger partial charge >= 0.3 is 17.9 Å². The molecule has 266 valence electrons. The zero-order chi connectivity index (χ0) is 35.7. The zero-order valence-electron chi connectivity index (χ0n) is 29.0. The van der Waals surface area contributed by atoms with Gasteiger partial charge in [-0.05, 0) is 104 Å². The normalized spacial score (nSPS) is 20.4. The summed E-state index contributed by atoms with van der Waals surface area (Å²) in [4.78, 5) is 42.3. The molecule has 2 aliphatic carbocycles. The lowest BCUT2D eigenvalue weighted by Gasteiger charge is -2.27. The van der Waals surface area contributed by atoms with Crippen molar-refractivity contribution in [3.8, 4) is 17.2 Å². The lowest BCUT2D eigenvalue weighted by Crippen LogP contribution is -2.30. The van der Waals surface area contributed by atoms with Gasteiger partial charge in [-0.3, -0.25) is 9.59 Å². The molecule has 0 bridgehead atoms. The van der Waals surface area contributed by atoms with Gasteiger partial charge in [-0.2, -0.15) is 5.10 Å². The number of hydrogen-bond donors (Lipinski definition) is 0. The molecule has 0 unspecified atom stereocenters. The van der Waals surface area contributed by atoms with Crippen molar-refractivity contribution >= 4 is 50.8 Å². The zero-order valence-corrected chi connectivity index (χ0v) is 29.8. The number of carbonyl (C=O) groups is 3. The lowest BCUT2D eigenvalue weighted by molar-refractivity contribution is -0.145. The molecule has 10 nitrogen and oxygen atoms in total. The highest BCUT2D eigenvalue weighted by atomic mass is 32.1. The molecule has 3 aromatic carbocycles. The van der Waals surface area contributed by atoms with E-state index in [1.807, 2.05) is 37.4 Å². The van der Waals surface area contributed by atoms with Crippen molar-refractivity contribution in [3.05, 3.63) is 90.5 Å². The fourth-order valence-electron chi connectivity index (χ4n) is 6.58. The van der Waals surface area contributed by atoms with Crippen molar-refractivity contribution in [1.29, 1.82) is 0 Å². The molecule has 2 saturated carbocycles. The van der Waals surface area contributed by atoms with E-state index in [1.54, 1.807) is 46.8 Å². The first-order chi connectivity index (χ1) is 24.7. The maximum Gasteiger partial charge on any atom is 0.333 e. The summed E-state index contributed by atoms with van der Waals surface area (Å²) in [7, 11) is 1.87. The monoisotopic (exact) mass is 709 g/mol. The SMILES string of the molecule is C=CC(=O)OCOc1ccc(OC(=O)C2CCC(C(=O)Oc3ccc(C4CCC(C)CC4)cc3/C=N/N(C)c3nc4ccccc4s3)CC2)cc1. The average molecular weight is 710 g/mol. The largest absolute Gasteiger partial charge is 0.457 e. The summed E-state index contributed by atoms with van der Waals surface area (Å²) in [6.45, 7) is 5.39. The van der Waals surface area contributed by atoms with Gasteiger partial charge in [-0.25, -0.2) is 14.8 Å². The van der Waals surface area contributed by atoms with Crippen LogP contribution in [0.25, 0.3) is 10.2 Å². The highest BCUT2D eigenvalue weighted by molar-refractivity contribution is 7.22. The molecule has 2 fully saturated rings. The van der Waals surface area contributed by atoms with E-state index < -0.39 is 5.97 Å². The summed E-state index contributed by atoms with van der Waals surface area (Å²) >= 11 is 1.57. The van der Waals surface area contributed by atoms with E-state index in [0.29, 0.717) is 48.8 Å². The third kappa shape index (κ3) is 9.40. The quantitative estimate of drug-likeness (QED) is 0.0357. The molecule has 11 heteroatoms. The van der Waals surface area contributed by atoms with Gasteiger partial charge in [0.1, 0.15) is 17.2 Å². The molecule has 0 aliphatic heterocycles. The Labute approximate surface area is 302 Å². The highest BCUT2D eigenvalue weighted by Crippen LogP contribution is 2.38. The molecule has 0 amide bonds. The van der Waals surface area contributed by atoms with Gasteiger partial charge in [0, 0.05) is 18.7 Å². The summed E-state index contributed by atoms with van der Waals surface area (Å²) in [6.07, 6.45) is 9.60. The number of anilines is 1. The number of para-hydroxylation sites is 1. The fraction of sp³-hybridized carbons (Fsp3) is 0.375. The van der Waals surface area contributed by atoms with Crippen LogP contribution in [0.3, 0.4) is 0 Å². The maximum absolute atomic E-state index is 13.5. The Morgan fingerprint density at radius 1 is 0.882 bits per heavy atom. The van der Waals surface area contributed by atoms with E-state index in [4.69, 9.17) is 29.0 Å². The molecule has 0 N–H and O–H groups in total. The number of thiazole rings is 1. The number of hydrazone groups is 1. The van der Waals surface area contributed by atoms with E-state index in [0.717, 1.165) is 45.7 Å². The number of ether oxygens (including phenoxy) is 4. The van der Waals surface area contributed by atoms with Gasteiger partial charge in [-0.15, -0.1) is 0 Å². The van der Waals surface area contributed by atoms with Gasteiger partial charge in [0.2, 0.25) is 11.9 Å². The third-order valence-corrected chi connectivity index (χ3v) is 10.8. The Balaban J connectivity index is 1.06. The summed E-state index contributed by atoms with van der Waals surface area (Å²) in [6, 6.07) is 20.6. The molecule has 6 rings (SSSR count). The first kappa shape index (κ1) is 35.8. The van der Waals surface area contributed by atoms with Gasteiger partial charge in [-0.1, -0.05) is 55.9 Å². The predicted octanol–water partition coefficient (Wildman–Crippen LogP) is 8.44. The molecule has 0 spiro atoms. The number of benzene rings is 3. The van der Waals surface area contributed by atoms with E-state index >= 15 is 0 Å². The van der Waals surface area contributed by atoms with Gasteiger partial charge in [0.25, 0.3) is 0 Å². The molecule has 2 aliphatic rings. The minimum atomic E-state index is -0.582. The van der Waals surface area contributed by atoms with Crippen molar-refractivity contribution in [2.75, 3.05) is 18.8 Å². The van der Waals surface area contributed by atoms with Crippen LogP contribution in [0.15, 0.2) is 84.5 Å². The Hall–Kier alpha value is -5.03. The number of hydrogen-bond acceptors (Lipinski definition) is 11. The van der Waals surface area contributed by atoms with Crippen LogP contribution < -0.4 is 19.2 Å². The second-order valence-electron chi connectivity index (χ2n) is 13.3. The molecular weight excluding hydrogens is 667 g/mol. The fourth-order valence-corrected chi connectivity index (χ4v) is 7.46. The van der Waals surface area contributed by atoms with Gasteiger partial charge in [0.05, 0.1) is 28.3 Å². The topological polar surface area (TPSA) is 117 Å². The van der Waals surface area contributed by atoms with E-state index in [1.165, 1.54) is 18.4 Å². The van der Waals surface area contributed by atoms with Crippen LogP contribution in [0, 0.1) is 17.8 Å². The molecule has 4 aromatic rings. The Kier molecular flexibility index (Phi) is 11.8. The molecule has 1 aromatic heterocycles. The molecule has 1 heterocycles. The smallest absolute Gasteiger partial charge is 0.333 e. The Morgan fingerprint density at radius 2 is 1.55 bits per heavy atom. The van der Waals surface area contributed by atoms with Gasteiger partial charge in [0.15, 0.2) is 0 Å². The van der Waals surface area contributed by atoms with Crippen molar-refractivity contribution in [2.24, 2.45) is 22.9 Å².